The first-order chi connectivity index (χ1) is 13.8. The first-order valence-corrected chi connectivity index (χ1v) is 10.4. The molecule has 0 saturated carbocycles. The third-order valence-electron chi connectivity index (χ3n) is 4.18. The van der Waals surface area contributed by atoms with Crippen LogP contribution in [0.25, 0.3) is 5.69 Å². The minimum Gasteiger partial charge on any atom is -0.494 e. The van der Waals surface area contributed by atoms with Crippen LogP contribution in [0.4, 0.5) is 0 Å². The molecule has 1 atom stereocenters. The van der Waals surface area contributed by atoms with Crippen molar-refractivity contribution in [2.75, 3.05) is 6.61 Å². The van der Waals surface area contributed by atoms with Crippen LogP contribution >= 0.6 is 0 Å². The summed E-state index contributed by atoms with van der Waals surface area (Å²) in [7, 11) is -3.69. The number of rotatable bonds is 8. The van der Waals surface area contributed by atoms with E-state index >= 15 is 0 Å². The van der Waals surface area contributed by atoms with Crippen LogP contribution in [-0.2, 0) is 10.0 Å². The fraction of sp³-hybridized carbons (Fsp3) is 0.211. The van der Waals surface area contributed by atoms with Crippen LogP contribution in [0.2, 0.25) is 0 Å². The number of amides is 1. The molecule has 29 heavy (non-hydrogen) atoms. The second-order valence-electron chi connectivity index (χ2n) is 6.25. The number of benzene rings is 2. The predicted octanol–water partition coefficient (Wildman–Crippen LogP) is 1.80. The summed E-state index contributed by atoms with van der Waals surface area (Å²) in [5, 5.41) is 7.53. The lowest BCUT2D eigenvalue weighted by molar-refractivity contribution is 0.0995. The van der Waals surface area contributed by atoms with Crippen LogP contribution in [0.5, 0.6) is 5.75 Å². The number of nitrogens with zero attached hydrogens (tertiary/aromatic N) is 3. The predicted molar refractivity (Wildman–Crippen MR) is 106 cm³/mol. The minimum absolute atomic E-state index is 0.0607. The van der Waals surface area contributed by atoms with Gasteiger partial charge in [-0.05, 0) is 55.8 Å². The van der Waals surface area contributed by atoms with Gasteiger partial charge < -0.3 is 10.5 Å². The van der Waals surface area contributed by atoms with Gasteiger partial charge in [0.2, 0.25) is 10.0 Å². The lowest BCUT2D eigenvalue weighted by Crippen LogP contribution is -2.26. The molecule has 3 rings (SSSR count). The van der Waals surface area contributed by atoms with E-state index in [4.69, 9.17) is 10.5 Å². The molecule has 3 aromatic rings. The highest BCUT2D eigenvalue weighted by atomic mass is 32.2. The Balaban J connectivity index is 1.72. The molecule has 0 aliphatic heterocycles. The van der Waals surface area contributed by atoms with Crippen LogP contribution in [-0.4, -0.2) is 35.9 Å². The standard InChI is InChI=1S/C19H21N5O4S/c1-3-28-16-8-10-17(11-9-16)29(26,27)22-13(2)14-4-6-15(7-5-14)24-12-18(19(20)25)21-23-24/h4-13,22H,3H2,1-2H3,(H2,20,25). The topological polar surface area (TPSA) is 129 Å². The van der Waals surface area contributed by atoms with Gasteiger partial charge in [-0.15, -0.1) is 5.10 Å². The Morgan fingerprint density at radius 2 is 1.83 bits per heavy atom. The van der Waals surface area contributed by atoms with Crippen molar-refractivity contribution < 1.29 is 17.9 Å². The van der Waals surface area contributed by atoms with Crippen molar-refractivity contribution in [2.45, 2.75) is 24.8 Å². The van der Waals surface area contributed by atoms with E-state index in [1.54, 1.807) is 43.3 Å². The third-order valence-corrected chi connectivity index (χ3v) is 5.74. The van der Waals surface area contributed by atoms with Crippen molar-refractivity contribution in [3.05, 3.63) is 66.0 Å². The summed E-state index contributed by atoms with van der Waals surface area (Å²) in [6.07, 6.45) is 1.43. The maximum atomic E-state index is 12.6. The maximum absolute atomic E-state index is 12.6. The maximum Gasteiger partial charge on any atom is 0.270 e. The fourth-order valence-corrected chi connectivity index (χ4v) is 3.90. The van der Waals surface area contributed by atoms with Crippen LogP contribution < -0.4 is 15.2 Å². The van der Waals surface area contributed by atoms with E-state index in [1.807, 2.05) is 6.92 Å². The van der Waals surface area contributed by atoms with E-state index in [2.05, 4.69) is 15.0 Å². The smallest absolute Gasteiger partial charge is 0.270 e. The highest BCUT2D eigenvalue weighted by Crippen LogP contribution is 2.20. The Labute approximate surface area is 168 Å². The van der Waals surface area contributed by atoms with E-state index in [0.717, 1.165) is 5.56 Å². The van der Waals surface area contributed by atoms with E-state index < -0.39 is 22.0 Å². The summed E-state index contributed by atoms with van der Waals surface area (Å²) in [6.45, 7) is 4.12. The minimum atomic E-state index is -3.69. The van der Waals surface area contributed by atoms with E-state index in [1.165, 1.54) is 23.0 Å². The summed E-state index contributed by atoms with van der Waals surface area (Å²) in [5.41, 5.74) is 6.66. The molecule has 152 valence electrons. The number of aromatic nitrogens is 3. The number of nitrogens with one attached hydrogen (secondary N) is 1. The Morgan fingerprint density at radius 1 is 1.17 bits per heavy atom. The summed E-state index contributed by atoms with van der Waals surface area (Å²) in [5.74, 6) is -0.0483. The molecule has 10 heteroatoms. The third kappa shape index (κ3) is 4.79. The normalized spacial score (nSPS) is 12.5. The fourth-order valence-electron chi connectivity index (χ4n) is 2.67. The highest BCUT2D eigenvalue weighted by Gasteiger charge is 2.18. The first kappa shape index (κ1) is 20.5. The van der Waals surface area contributed by atoms with Gasteiger partial charge in [-0.25, -0.2) is 17.8 Å². The second kappa shape index (κ2) is 8.41. The zero-order valence-electron chi connectivity index (χ0n) is 15.9. The molecule has 0 aliphatic carbocycles. The number of primary amides is 1. The SMILES string of the molecule is CCOc1ccc(S(=O)(=O)NC(C)c2ccc(-n3cc(C(N)=O)nn3)cc2)cc1. The molecule has 0 radical (unpaired) electrons. The van der Waals surface area contributed by atoms with Gasteiger partial charge in [0.15, 0.2) is 5.69 Å². The zero-order chi connectivity index (χ0) is 21.0. The van der Waals surface area contributed by atoms with Crippen molar-refractivity contribution in [1.82, 2.24) is 19.7 Å². The lowest BCUT2D eigenvalue weighted by atomic mass is 10.1. The monoisotopic (exact) mass is 415 g/mol. The van der Waals surface area contributed by atoms with Crippen LogP contribution in [0.15, 0.2) is 59.6 Å². The molecule has 1 unspecified atom stereocenters. The molecule has 0 fully saturated rings. The molecule has 3 N–H and O–H groups in total. The van der Waals surface area contributed by atoms with Gasteiger partial charge in [0, 0.05) is 6.04 Å². The molecule has 0 aliphatic rings. The molecule has 2 aromatic carbocycles. The van der Waals surface area contributed by atoms with Crippen molar-refractivity contribution in [3.8, 4) is 11.4 Å². The second-order valence-corrected chi connectivity index (χ2v) is 7.97. The molecular weight excluding hydrogens is 394 g/mol. The molecule has 0 saturated heterocycles. The largest absolute Gasteiger partial charge is 0.494 e. The highest BCUT2D eigenvalue weighted by molar-refractivity contribution is 7.89. The summed E-state index contributed by atoms with van der Waals surface area (Å²) in [6, 6.07) is 12.8. The van der Waals surface area contributed by atoms with Crippen LogP contribution in [0.3, 0.4) is 0 Å². The number of ether oxygens (including phenoxy) is 1. The zero-order valence-corrected chi connectivity index (χ0v) is 16.8. The van der Waals surface area contributed by atoms with Gasteiger partial charge in [0.05, 0.1) is 23.4 Å². The number of carbonyl (C=O) groups is 1. The van der Waals surface area contributed by atoms with Crippen molar-refractivity contribution in [2.24, 2.45) is 5.73 Å². The van der Waals surface area contributed by atoms with E-state index in [-0.39, 0.29) is 10.6 Å². The number of hydrogen-bond acceptors (Lipinski definition) is 6. The first-order valence-electron chi connectivity index (χ1n) is 8.88. The molecule has 9 nitrogen and oxygen atoms in total. The van der Waals surface area contributed by atoms with Crippen LogP contribution in [0.1, 0.15) is 35.9 Å². The van der Waals surface area contributed by atoms with Gasteiger partial charge in [-0.2, -0.15) is 0 Å². The number of sulfonamides is 1. The van der Waals surface area contributed by atoms with Crippen molar-refractivity contribution >= 4 is 15.9 Å². The molecule has 0 bridgehead atoms. The molecule has 1 amide bonds. The lowest BCUT2D eigenvalue weighted by Gasteiger charge is -2.15. The van der Waals surface area contributed by atoms with E-state index in [0.29, 0.717) is 18.0 Å². The van der Waals surface area contributed by atoms with Gasteiger partial charge in [0.1, 0.15) is 5.75 Å². The van der Waals surface area contributed by atoms with Gasteiger partial charge in [-0.3, -0.25) is 4.79 Å². The average Bonchev–Trinajstić information content (AvgIpc) is 3.19. The average molecular weight is 415 g/mol. The molecular formula is C19H21N5O4S. The quantitative estimate of drug-likeness (QED) is 0.577. The van der Waals surface area contributed by atoms with Crippen LogP contribution in [0, 0.1) is 0 Å². The number of carbonyl (C=O) groups excluding carboxylic acids is 1. The number of hydrogen-bond donors (Lipinski definition) is 2. The Hall–Kier alpha value is -3.24. The van der Waals surface area contributed by atoms with Gasteiger partial charge in [0.25, 0.3) is 5.91 Å². The summed E-state index contributed by atoms with van der Waals surface area (Å²) >= 11 is 0. The summed E-state index contributed by atoms with van der Waals surface area (Å²) < 4.78 is 34.6. The van der Waals surface area contributed by atoms with Gasteiger partial charge >= 0.3 is 0 Å². The van der Waals surface area contributed by atoms with Crippen molar-refractivity contribution in [1.29, 1.82) is 0 Å². The molecule has 1 aromatic heterocycles. The molecule has 1 heterocycles. The molecule has 0 spiro atoms. The van der Waals surface area contributed by atoms with E-state index in [9.17, 15) is 13.2 Å². The van der Waals surface area contributed by atoms with Gasteiger partial charge in [-0.1, -0.05) is 17.3 Å². The Bertz CT molecular complexity index is 1090. The van der Waals surface area contributed by atoms with Crippen molar-refractivity contribution in [3.63, 3.8) is 0 Å². The summed E-state index contributed by atoms with van der Waals surface area (Å²) in [4.78, 5) is 11.3. The Kier molecular flexibility index (Phi) is 5.95. The Morgan fingerprint density at radius 3 is 2.38 bits per heavy atom. The number of nitrogens with two attached hydrogens (primary N) is 1.